The minimum Gasteiger partial charge on any atom is -0.365 e. The zero-order chi connectivity index (χ0) is 17.3. The van der Waals surface area contributed by atoms with Crippen LogP contribution in [0.2, 0.25) is 5.02 Å². The van der Waals surface area contributed by atoms with E-state index in [1.807, 2.05) is 25.1 Å². The number of nitrogens with zero attached hydrogens (tertiary/aromatic N) is 1. The summed E-state index contributed by atoms with van der Waals surface area (Å²) in [6, 6.07) is 13.9. The second-order valence-corrected chi connectivity index (χ2v) is 6.93. The third-order valence-corrected chi connectivity index (χ3v) is 4.79. The van der Waals surface area contributed by atoms with Gasteiger partial charge in [-0.25, -0.2) is 5.01 Å². The van der Waals surface area contributed by atoms with Crippen LogP contribution in [-0.2, 0) is 5.72 Å². The molecule has 4 nitrogen and oxygen atoms in total. The molecule has 1 aliphatic heterocycles. The molecule has 1 fully saturated rings. The standard InChI is InChI=1S/C18H16BrClN2O2/c1-2-16-11-18(24,13-5-7-14(19)8-6-13)22(21-16)17(23)12-3-9-15(20)10-4-12/h2-10,21,24H,11H2,1H3. The second kappa shape index (κ2) is 6.59. The summed E-state index contributed by atoms with van der Waals surface area (Å²) in [4.78, 5) is 12.9. The minimum absolute atomic E-state index is 0.296. The van der Waals surface area contributed by atoms with Crippen molar-refractivity contribution < 1.29 is 9.90 Å². The Balaban J connectivity index is 2.01. The number of amides is 1. The van der Waals surface area contributed by atoms with Gasteiger partial charge in [0, 0.05) is 32.7 Å². The number of allylic oxidation sites excluding steroid dienone is 1. The summed E-state index contributed by atoms with van der Waals surface area (Å²) in [6.45, 7) is 1.86. The molecular weight excluding hydrogens is 392 g/mol. The highest BCUT2D eigenvalue weighted by Crippen LogP contribution is 2.37. The quantitative estimate of drug-likeness (QED) is 0.784. The highest BCUT2D eigenvalue weighted by Gasteiger charge is 2.46. The normalized spacial score (nSPS) is 21.8. The first kappa shape index (κ1) is 17.0. The van der Waals surface area contributed by atoms with Crippen molar-refractivity contribution >= 4 is 33.4 Å². The Morgan fingerprint density at radius 3 is 2.46 bits per heavy atom. The van der Waals surface area contributed by atoms with Crippen molar-refractivity contribution in [3.8, 4) is 0 Å². The number of benzene rings is 2. The average Bonchev–Trinajstić information content (AvgIpc) is 2.93. The maximum absolute atomic E-state index is 12.9. The third-order valence-electron chi connectivity index (χ3n) is 4.01. The molecule has 0 aliphatic carbocycles. The van der Waals surface area contributed by atoms with Crippen LogP contribution in [0.25, 0.3) is 0 Å². The Hall–Kier alpha value is -1.82. The number of nitrogens with one attached hydrogen (secondary N) is 1. The molecule has 0 spiro atoms. The fourth-order valence-corrected chi connectivity index (χ4v) is 3.07. The second-order valence-electron chi connectivity index (χ2n) is 5.57. The maximum Gasteiger partial charge on any atom is 0.275 e. The highest BCUT2D eigenvalue weighted by atomic mass is 79.9. The number of aliphatic hydroxyl groups is 1. The predicted octanol–water partition coefficient (Wildman–Crippen LogP) is 4.20. The van der Waals surface area contributed by atoms with E-state index in [9.17, 15) is 9.90 Å². The Labute approximate surface area is 153 Å². The van der Waals surface area contributed by atoms with E-state index in [4.69, 9.17) is 11.6 Å². The molecule has 1 amide bonds. The zero-order valence-corrected chi connectivity index (χ0v) is 15.3. The van der Waals surface area contributed by atoms with Crippen molar-refractivity contribution in [3.63, 3.8) is 0 Å². The van der Waals surface area contributed by atoms with Crippen molar-refractivity contribution in [1.29, 1.82) is 0 Å². The smallest absolute Gasteiger partial charge is 0.275 e. The fourth-order valence-electron chi connectivity index (χ4n) is 2.68. The molecule has 1 unspecified atom stereocenters. The summed E-state index contributed by atoms with van der Waals surface area (Å²) >= 11 is 9.27. The predicted molar refractivity (Wildman–Crippen MR) is 97.2 cm³/mol. The highest BCUT2D eigenvalue weighted by molar-refractivity contribution is 9.10. The number of hydrogen-bond donors (Lipinski definition) is 2. The zero-order valence-electron chi connectivity index (χ0n) is 13.0. The Morgan fingerprint density at radius 1 is 1.25 bits per heavy atom. The van der Waals surface area contributed by atoms with Crippen molar-refractivity contribution in [3.05, 3.63) is 80.9 Å². The van der Waals surface area contributed by atoms with Crippen molar-refractivity contribution in [2.75, 3.05) is 0 Å². The summed E-state index contributed by atoms with van der Waals surface area (Å²) < 4.78 is 0.905. The first-order valence-electron chi connectivity index (χ1n) is 7.44. The summed E-state index contributed by atoms with van der Waals surface area (Å²) in [5, 5.41) is 13.1. The number of carbonyl (C=O) groups is 1. The van der Waals surface area contributed by atoms with Crippen LogP contribution in [0.1, 0.15) is 29.3 Å². The molecular formula is C18H16BrClN2O2. The van der Waals surface area contributed by atoms with Gasteiger partial charge in [0.15, 0.2) is 5.72 Å². The van der Waals surface area contributed by atoms with Gasteiger partial charge in [0.05, 0.1) is 0 Å². The molecule has 2 aromatic rings. The number of halogens is 2. The van der Waals surface area contributed by atoms with Gasteiger partial charge in [-0.15, -0.1) is 0 Å². The Bertz CT molecular complexity index is 790. The lowest BCUT2D eigenvalue weighted by molar-refractivity contribution is -0.0835. The molecule has 1 heterocycles. The molecule has 1 saturated heterocycles. The minimum atomic E-state index is -1.46. The Kier molecular flexibility index (Phi) is 4.67. The van der Waals surface area contributed by atoms with Crippen LogP contribution in [0, 0.1) is 0 Å². The van der Waals surface area contributed by atoms with E-state index in [2.05, 4.69) is 21.4 Å². The van der Waals surface area contributed by atoms with Crippen LogP contribution >= 0.6 is 27.5 Å². The molecule has 1 atom stereocenters. The van der Waals surface area contributed by atoms with Gasteiger partial charge in [0.25, 0.3) is 5.91 Å². The fraction of sp³-hybridized carbons (Fsp3) is 0.167. The van der Waals surface area contributed by atoms with Crippen LogP contribution in [-0.4, -0.2) is 16.0 Å². The van der Waals surface area contributed by atoms with Gasteiger partial charge in [0.1, 0.15) is 0 Å². The number of rotatable bonds is 2. The van der Waals surface area contributed by atoms with Gasteiger partial charge in [-0.05, 0) is 43.3 Å². The maximum atomic E-state index is 12.9. The van der Waals surface area contributed by atoms with Crippen LogP contribution in [0.3, 0.4) is 0 Å². The van der Waals surface area contributed by atoms with Gasteiger partial charge >= 0.3 is 0 Å². The third kappa shape index (κ3) is 3.07. The Morgan fingerprint density at radius 2 is 1.88 bits per heavy atom. The van der Waals surface area contributed by atoms with Crippen molar-refractivity contribution in [1.82, 2.24) is 10.4 Å². The van der Waals surface area contributed by atoms with E-state index in [-0.39, 0.29) is 5.91 Å². The van der Waals surface area contributed by atoms with Crippen molar-refractivity contribution in [2.45, 2.75) is 19.1 Å². The van der Waals surface area contributed by atoms with E-state index in [1.165, 1.54) is 5.01 Å². The van der Waals surface area contributed by atoms with E-state index < -0.39 is 5.72 Å². The van der Waals surface area contributed by atoms with E-state index in [1.54, 1.807) is 36.4 Å². The van der Waals surface area contributed by atoms with Gasteiger partial charge in [-0.2, -0.15) is 0 Å². The van der Waals surface area contributed by atoms with E-state index in [0.717, 1.165) is 10.2 Å². The van der Waals surface area contributed by atoms with E-state index in [0.29, 0.717) is 22.6 Å². The molecule has 1 aliphatic rings. The average molecular weight is 408 g/mol. The van der Waals surface area contributed by atoms with Crippen LogP contribution in [0.5, 0.6) is 0 Å². The summed E-state index contributed by atoms with van der Waals surface area (Å²) in [7, 11) is 0. The molecule has 3 rings (SSSR count). The number of hydrazine groups is 1. The molecule has 0 radical (unpaired) electrons. The molecule has 0 bridgehead atoms. The molecule has 124 valence electrons. The van der Waals surface area contributed by atoms with Crippen LogP contribution in [0.15, 0.2) is 64.8 Å². The molecule has 6 heteroatoms. The van der Waals surface area contributed by atoms with Gasteiger partial charge in [-0.1, -0.05) is 45.7 Å². The first-order valence-corrected chi connectivity index (χ1v) is 8.61. The first-order chi connectivity index (χ1) is 11.4. The van der Waals surface area contributed by atoms with E-state index >= 15 is 0 Å². The molecule has 2 aromatic carbocycles. The van der Waals surface area contributed by atoms with Crippen LogP contribution < -0.4 is 5.43 Å². The molecule has 2 N–H and O–H groups in total. The molecule has 24 heavy (non-hydrogen) atoms. The van der Waals surface area contributed by atoms with Crippen LogP contribution in [0.4, 0.5) is 0 Å². The summed E-state index contributed by atoms with van der Waals surface area (Å²) in [6.07, 6.45) is 2.14. The van der Waals surface area contributed by atoms with Gasteiger partial charge in [0.2, 0.25) is 0 Å². The lowest BCUT2D eigenvalue weighted by atomic mass is 9.98. The largest absolute Gasteiger partial charge is 0.365 e. The van der Waals surface area contributed by atoms with Crippen molar-refractivity contribution in [2.24, 2.45) is 0 Å². The topological polar surface area (TPSA) is 52.6 Å². The van der Waals surface area contributed by atoms with Gasteiger partial charge < -0.3 is 5.11 Å². The number of carbonyl (C=O) groups excluding carboxylic acids is 1. The summed E-state index contributed by atoms with van der Waals surface area (Å²) in [5.41, 5.74) is 3.41. The number of hydrogen-bond acceptors (Lipinski definition) is 3. The molecule has 0 aromatic heterocycles. The molecule has 0 saturated carbocycles. The lowest BCUT2D eigenvalue weighted by Crippen LogP contribution is -2.49. The summed E-state index contributed by atoms with van der Waals surface area (Å²) in [5.74, 6) is -0.325. The van der Waals surface area contributed by atoms with Gasteiger partial charge in [-0.3, -0.25) is 10.2 Å². The lowest BCUT2D eigenvalue weighted by Gasteiger charge is -2.32. The monoisotopic (exact) mass is 406 g/mol. The SMILES string of the molecule is CC=C1CC(O)(c2ccc(Br)cc2)N(C(=O)c2ccc(Cl)cc2)N1.